The van der Waals surface area contributed by atoms with Gasteiger partial charge < -0.3 is 10.6 Å². The summed E-state index contributed by atoms with van der Waals surface area (Å²) in [6.07, 6.45) is 10.9. The van der Waals surface area contributed by atoms with Gasteiger partial charge >= 0.3 is 0 Å². The smallest absolute Gasteiger partial charge is 0.238 e. The second-order valence-electron chi connectivity index (χ2n) is 12.5. The molecule has 12 nitrogen and oxygen atoms in total. The molecule has 2 saturated heterocycles. The van der Waals surface area contributed by atoms with Crippen molar-refractivity contribution in [2.45, 2.75) is 38.5 Å². The molecule has 5 aromatic rings. The maximum atomic E-state index is 12.5. The van der Waals surface area contributed by atoms with Crippen molar-refractivity contribution in [3.05, 3.63) is 85.2 Å². The van der Waals surface area contributed by atoms with Crippen molar-refractivity contribution in [1.82, 2.24) is 39.8 Å². The molecule has 0 atom stereocenters. The number of benzene rings is 3. The van der Waals surface area contributed by atoms with Gasteiger partial charge in [0.25, 0.3) is 0 Å². The standard InChI is InChI=1S/C36H40N10O2/c47-35(25-43-18-3-1-4-19-43)37-29-10-14-31(15-11-29)45-23-33(39-41-45)27-8-7-9-28(22-27)34-24-46(42-40-34)32-16-12-30(13-17-32)38-36(48)26-44-20-5-2-6-21-44/h7-17,22-24H,1-6,18-21,25-26H2,(H,37,47)(H,38,48). The Balaban J connectivity index is 0.965. The van der Waals surface area contributed by atoms with Crippen LogP contribution < -0.4 is 10.6 Å². The molecular weight excluding hydrogens is 604 g/mol. The van der Waals surface area contributed by atoms with Gasteiger partial charge in [0.05, 0.1) is 36.9 Å². The first-order valence-electron chi connectivity index (χ1n) is 16.8. The lowest BCUT2D eigenvalue weighted by atomic mass is 10.1. The zero-order valence-electron chi connectivity index (χ0n) is 27.0. The molecule has 0 radical (unpaired) electrons. The molecule has 2 fully saturated rings. The van der Waals surface area contributed by atoms with E-state index >= 15 is 0 Å². The summed E-state index contributed by atoms with van der Waals surface area (Å²) in [6.45, 7) is 4.80. The first kappa shape index (κ1) is 31.4. The van der Waals surface area contributed by atoms with Crippen molar-refractivity contribution in [2.24, 2.45) is 0 Å². The number of hydrogen-bond acceptors (Lipinski definition) is 8. The van der Waals surface area contributed by atoms with E-state index in [1.165, 1.54) is 12.8 Å². The van der Waals surface area contributed by atoms with Crippen LogP contribution in [0.1, 0.15) is 38.5 Å². The van der Waals surface area contributed by atoms with Crippen molar-refractivity contribution in [1.29, 1.82) is 0 Å². The molecule has 2 aliphatic rings. The van der Waals surface area contributed by atoms with Crippen LogP contribution in [-0.4, -0.2) is 90.9 Å². The van der Waals surface area contributed by atoms with Gasteiger partial charge in [0.15, 0.2) is 0 Å². The Morgan fingerprint density at radius 2 is 0.979 bits per heavy atom. The summed E-state index contributed by atoms with van der Waals surface area (Å²) >= 11 is 0. The zero-order chi connectivity index (χ0) is 32.7. The second-order valence-corrected chi connectivity index (χ2v) is 12.5. The van der Waals surface area contributed by atoms with Gasteiger partial charge in [0.2, 0.25) is 11.8 Å². The third-order valence-corrected chi connectivity index (χ3v) is 8.90. The molecule has 0 aliphatic carbocycles. The highest BCUT2D eigenvalue weighted by Crippen LogP contribution is 2.25. The molecule has 3 aromatic carbocycles. The Morgan fingerprint density at radius 3 is 1.40 bits per heavy atom. The fourth-order valence-electron chi connectivity index (χ4n) is 6.32. The summed E-state index contributed by atoms with van der Waals surface area (Å²) < 4.78 is 3.44. The molecular formula is C36H40N10O2. The summed E-state index contributed by atoms with van der Waals surface area (Å²) in [5, 5.41) is 23.5. The van der Waals surface area contributed by atoms with Gasteiger partial charge in [-0.05, 0) is 106 Å². The maximum Gasteiger partial charge on any atom is 0.238 e. The quantitative estimate of drug-likeness (QED) is 0.217. The van der Waals surface area contributed by atoms with Crippen LogP contribution >= 0.6 is 0 Å². The van der Waals surface area contributed by atoms with Crippen molar-refractivity contribution in [2.75, 3.05) is 49.9 Å². The maximum absolute atomic E-state index is 12.5. The van der Waals surface area contributed by atoms with Crippen molar-refractivity contribution >= 4 is 23.2 Å². The lowest BCUT2D eigenvalue weighted by Gasteiger charge is -2.25. The molecule has 4 heterocycles. The first-order chi connectivity index (χ1) is 23.6. The summed E-state index contributed by atoms with van der Waals surface area (Å²) in [5.74, 6) is 0.0174. The Bertz CT molecular complexity index is 1700. The lowest BCUT2D eigenvalue weighted by Crippen LogP contribution is -2.36. The van der Waals surface area contributed by atoms with E-state index in [1.54, 1.807) is 9.36 Å². The number of hydrogen-bond donors (Lipinski definition) is 2. The Labute approximate surface area is 279 Å². The number of nitrogens with zero attached hydrogens (tertiary/aromatic N) is 8. The number of amides is 2. The van der Waals surface area contributed by atoms with E-state index in [4.69, 9.17) is 0 Å². The van der Waals surface area contributed by atoms with Crippen LogP contribution in [0.5, 0.6) is 0 Å². The van der Waals surface area contributed by atoms with Gasteiger partial charge in [-0.15, -0.1) is 10.2 Å². The molecule has 7 rings (SSSR count). The molecule has 2 N–H and O–H groups in total. The van der Waals surface area contributed by atoms with Crippen molar-refractivity contribution in [3.8, 4) is 33.9 Å². The van der Waals surface area contributed by atoms with Gasteiger partial charge in [-0.2, -0.15) is 0 Å². The summed E-state index contributed by atoms with van der Waals surface area (Å²) in [5.41, 5.74) is 6.45. The molecule has 246 valence electrons. The van der Waals surface area contributed by atoms with E-state index in [2.05, 4.69) is 41.1 Å². The molecule has 0 unspecified atom stereocenters. The summed E-state index contributed by atoms with van der Waals surface area (Å²) in [4.78, 5) is 29.4. The van der Waals surface area contributed by atoms with Gasteiger partial charge in [-0.3, -0.25) is 19.4 Å². The molecule has 2 amide bonds. The lowest BCUT2D eigenvalue weighted by molar-refractivity contribution is -0.118. The molecule has 0 bridgehead atoms. The van der Waals surface area contributed by atoms with Gasteiger partial charge in [0.1, 0.15) is 11.4 Å². The monoisotopic (exact) mass is 644 g/mol. The number of carbonyl (C=O) groups is 2. The molecule has 0 spiro atoms. The molecule has 48 heavy (non-hydrogen) atoms. The highest BCUT2D eigenvalue weighted by molar-refractivity contribution is 5.93. The topological polar surface area (TPSA) is 126 Å². The number of rotatable bonds is 10. The van der Waals surface area contributed by atoms with Crippen LogP contribution in [0.3, 0.4) is 0 Å². The van der Waals surface area contributed by atoms with Crippen LogP contribution in [0.4, 0.5) is 11.4 Å². The number of likely N-dealkylation sites (tertiary alicyclic amines) is 2. The minimum atomic E-state index is 0.00869. The van der Waals surface area contributed by atoms with E-state index < -0.39 is 0 Å². The number of carbonyl (C=O) groups excluding carboxylic acids is 2. The van der Waals surface area contributed by atoms with E-state index in [0.717, 1.165) is 97.1 Å². The fourth-order valence-corrected chi connectivity index (χ4v) is 6.32. The number of anilines is 2. The number of nitrogens with one attached hydrogen (secondary N) is 2. The van der Waals surface area contributed by atoms with Crippen LogP contribution in [0.2, 0.25) is 0 Å². The Hall–Kier alpha value is -5.20. The Morgan fingerprint density at radius 1 is 0.562 bits per heavy atom. The van der Waals surface area contributed by atoms with Crippen LogP contribution in [0.15, 0.2) is 85.2 Å². The summed E-state index contributed by atoms with van der Waals surface area (Å²) in [7, 11) is 0. The second kappa shape index (κ2) is 14.7. The molecule has 0 saturated carbocycles. The van der Waals surface area contributed by atoms with Crippen LogP contribution in [0, 0.1) is 0 Å². The van der Waals surface area contributed by atoms with Gasteiger partial charge in [-0.25, -0.2) is 9.36 Å². The number of aromatic nitrogens is 6. The van der Waals surface area contributed by atoms with Gasteiger partial charge in [-0.1, -0.05) is 41.5 Å². The molecule has 12 heteroatoms. The van der Waals surface area contributed by atoms with E-state index in [9.17, 15) is 9.59 Å². The molecule has 2 aliphatic heterocycles. The average molecular weight is 645 g/mol. The highest BCUT2D eigenvalue weighted by atomic mass is 16.2. The van der Waals surface area contributed by atoms with E-state index in [0.29, 0.717) is 13.1 Å². The minimum Gasteiger partial charge on any atom is -0.325 e. The summed E-state index contributed by atoms with van der Waals surface area (Å²) in [6, 6.07) is 23.2. The fraction of sp³-hybridized carbons (Fsp3) is 0.333. The van der Waals surface area contributed by atoms with Crippen molar-refractivity contribution in [3.63, 3.8) is 0 Å². The number of piperidine rings is 2. The van der Waals surface area contributed by atoms with E-state index in [-0.39, 0.29) is 11.8 Å². The SMILES string of the molecule is O=C(CN1CCCCC1)Nc1ccc(-n2cc(-c3cccc(-c4cn(-c5ccc(NC(=O)CN6CCCCC6)cc5)nn4)c3)nn2)cc1. The first-order valence-corrected chi connectivity index (χ1v) is 16.8. The zero-order valence-corrected chi connectivity index (χ0v) is 27.0. The average Bonchev–Trinajstić information content (AvgIpc) is 3.82. The normalized spacial score (nSPS) is 15.7. The minimum absolute atomic E-state index is 0.00869. The molecule has 2 aromatic heterocycles. The van der Waals surface area contributed by atoms with Crippen molar-refractivity contribution < 1.29 is 9.59 Å². The van der Waals surface area contributed by atoms with Gasteiger partial charge in [0, 0.05) is 22.5 Å². The van der Waals surface area contributed by atoms with E-state index in [1.807, 2.05) is 85.2 Å². The third kappa shape index (κ3) is 7.84. The largest absolute Gasteiger partial charge is 0.325 e. The predicted molar refractivity (Wildman–Crippen MR) is 185 cm³/mol. The Kier molecular flexibility index (Phi) is 9.62. The predicted octanol–water partition coefficient (Wildman–Crippen LogP) is 5.03. The van der Waals surface area contributed by atoms with Crippen LogP contribution in [-0.2, 0) is 9.59 Å². The highest BCUT2D eigenvalue weighted by Gasteiger charge is 2.16. The van der Waals surface area contributed by atoms with Crippen LogP contribution in [0.25, 0.3) is 33.9 Å². The third-order valence-electron chi connectivity index (χ3n) is 8.90.